The van der Waals surface area contributed by atoms with Gasteiger partial charge in [-0.3, -0.25) is 76.2 Å². The number of aliphatic carboxylic acids is 4. The Morgan fingerprint density at radius 3 is 0.773 bits per heavy atom. The fraction of sp³-hybridized carbons (Fsp3) is 0.439. The van der Waals surface area contributed by atoms with Crippen LogP contribution in [0.25, 0.3) is 0 Å². The van der Waals surface area contributed by atoms with E-state index in [4.69, 9.17) is 0 Å². The van der Waals surface area contributed by atoms with Crippen molar-refractivity contribution in [1.29, 1.82) is 0 Å². The topological polar surface area (TPSA) is 590 Å². The van der Waals surface area contributed by atoms with E-state index >= 15 is 0 Å². The first-order valence-corrected chi connectivity index (χ1v) is 36.2. The van der Waals surface area contributed by atoms with Gasteiger partial charge in [0.15, 0.2) is 0 Å². The van der Waals surface area contributed by atoms with E-state index in [2.05, 4.69) is 10.6 Å². The van der Waals surface area contributed by atoms with Gasteiger partial charge in [-0.05, 0) is 78.6 Å². The highest BCUT2D eigenvalue weighted by molar-refractivity contribution is 7.71. The number of aromatic hydroxyl groups is 4. The molecular formula is C57H80N8O28P4. The minimum atomic E-state index is -5.46. The number of aryl methyl sites for hydroxylation is 4. The van der Waals surface area contributed by atoms with Gasteiger partial charge in [-0.1, -0.05) is 48.5 Å². The summed E-state index contributed by atoms with van der Waals surface area (Å²) in [7, 11) is -21.8. The molecule has 4 amide bonds. The van der Waals surface area contributed by atoms with Gasteiger partial charge in [-0.25, -0.2) is 0 Å². The zero-order chi connectivity index (χ0) is 72.6. The SMILES string of the molecule is O=C(O)CN(CCN(CC(=O)O)Cc1cc(CCC(=O)NC(P(=O)(O)O)P(=O)(O)O)ccc1O)Cc1cc(CCC(=O)NCCCNC(=O)CCc2ccc(O)c(CN(CCN(CC(=O)O)Cc3cc(CCC(=O)NC(P(=O)(O)O)P(=O)(O)O)ccc3O)CC(=O)O)c2)ccc1O. The molecule has 0 aromatic heterocycles. The van der Waals surface area contributed by atoms with E-state index in [-0.39, 0.29) is 161 Å². The standard InChI is InChI=1S/C57H80N8O28P4/c66-44-10-2-36(24-40(44)28-62(32-52(74)75)20-22-64(34-54(78)79)30-42-26-38(4-12-46(42)68)8-16-50(72)60-56(94(82,83)84)95(85,86)87)6-14-48(70)58-18-1-19-59-49(71)15-7-37-3-11-45(67)41(25-37)29-63(33-53(76)77)21-23-65(35-55(80)81)31-43-27-39(5-13-47(43)69)9-17-51(73)61-57(96(88,89)90)97(91,92)93/h2-5,10-13,24-27,56-57,66-69H,1,6-9,14-23,28-35H2,(H,58,70)(H,59,71)(H,60,72)(H,61,73)(H,74,75)(H,76,77)(H,78,79)(H,80,81)(H2,82,83,84)(H2,85,86,87)(H2,88,89,90)(H2,91,92,93). The van der Waals surface area contributed by atoms with Gasteiger partial charge in [0.05, 0.1) is 26.2 Å². The number of phenolic OH excluding ortho intramolecular Hbond substituents is 4. The van der Waals surface area contributed by atoms with E-state index < -0.39 is 116 Å². The molecule has 0 bridgehead atoms. The first-order chi connectivity index (χ1) is 45.1. The Hall–Kier alpha value is -7.72. The van der Waals surface area contributed by atoms with Gasteiger partial charge < -0.3 is 101 Å². The third kappa shape index (κ3) is 30.7. The predicted octanol–water partition coefficient (Wildman–Crippen LogP) is 0.0193. The molecule has 4 aromatic carbocycles. The lowest BCUT2D eigenvalue weighted by Gasteiger charge is -2.26. The molecule has 36 nitrogen and oxygen atoms in total. The monoisotopic (exact) mass is 1450 g/mol. The lowest BCUT2D eigenvalue weighted by molar-refractivity contribution is -0.140. The number of phenols is 4. The minimum absolute atomic E-state index is 0.0000227. The number of hydrogen-bond acceptors (Lipinski definition) is 20. The molecule has 0 aliphatic rings. The van der Waals surface area contributed by atoms with Gasteiger partial charge >= 0.3 is 54.3 Å². The third-order valence-electron chi connectivity index (χ3n) is 14.5. The molecule has 0 fully saturated rings. The Morgan fingerprint density at radius 1 is 0.351 bits per heavy atom. The molecule has 0 saturated heterocycles. The van der Waals surface area contributed by atoms with Crippen LogP contribution in [0.5, 0.6) is 23.0 Å². The van der Waals surface area contributed by atoms with Crippen LogP contribution in [0.15, 0.2) is 72.8 Å². The zero-order valence-corrected chi connectivity index (χ0v) is 55.6. The predicted molar refractivity (Wildman–Crippen MR) is 340 cm³/mol. The second-order valence-corrected chi connectivity index (χ2v) is 30.2. The number of nitrogens with zero attached hydrogens (tertiary/aromatic N) is 4. The van der Waals surface area contributed by atoms with Gasteiger partial charge in [0.1, 0.15) is 23.0 Å². The quantitative estimate of drug-likeness (QED) is 0.0205. The summed E-state index contributed by atoms with van der Waals surface area (Å²) in [4.78, 5) is 178. The number of benzene rings is 4. The van der Waals surface area contributed by atoms with Crippen LogP contribution in [0.1, 0.15) is 76.6 Å². The number of hydrogen-bond donors (Lipinski definition) is 20. The second kappa shape index (κ2) is 37.9. The third-order valence-corrected chi connectivity index (χ3v) is 21.1. The van der Waals surface area contributed by atoms with Crippen molar-refractivity contribution in [2.24, 2.45) is 0 Å². The number of carboxylic acid groups (broad SMARTS) is 4. The number of amides is 4. The normalized spacial score (nSPS) is 12.2. The van der Waals surface area contributed by atoms with Crippen LogP contribution in [-0.4, -0.2) is 224 Å². The molecular weight excluding hydrogens is 1370 g/mol. The van der Waals surface area contributed by atoms with Crippen molar-refractivity contribution in [2.45, 2.75) is 95.0 Å². The van der Waals surface area contributed by atoms with E-state index in [0.717, 1.165) is 0 Å². The van der Waals surface area contributed by atoms with Crippen molar-refractivity contribution < 1.29 is 137 Å². The number of nitrogens with one attached hydrogen (secondary N) is 4. The summed E-state index contributed by atoms with van der Waals surface area (Å²) in [5.41, 5.74) is -2.66. The maximum absolute atomic E-state index is 12.9. The van der Waals surface area contributed by atoms with Crippen molar-refractivity contribution in [1.82, 2.24) is 40.9 Å². The Balaban J connectivity index is 1.25. The van der Waals surface area contributed by atoms with Gasteiger partial charge in [-0.2, -0.15) is 0 Å². The van der Waals surface area contributed by atoms with Crippen LogP contribution in [0, 0.1) is 0 Å². The lowest BCUT2D eigenvalue weighted by atomic mass is 10.0. The maximum atomic E-state index is 12.9. The molecule has 0 aliphatic heterocycles. The van der Waals surface area contributed by atoms with E-state index in [9.17, 15) is 137 Å². The van der Waals surface area contributed by atoms with Gasteiger partial charge in [-0.15, -0.1) is 0 Å². The Morgan fingerprint density at radius 2 is 0.567 bits per heavy atom. The molecule has 0 atom stereocenters. The summed E-state index contributed by atoms with van der Waals surface area (Å²) in [5, 5.41) is 90.6. The average Bonchev–Trinajstić information content (AvgIpc) is 0.844. The number of carboxylic acids is 4. The first kappa shape index (κ1) is 81.7. The Labute approximate surface area is 554 Å². The molecule has 536 valence electrons. The van der Waals surface area contributed by atoms with Crippen LogP contribution in [0.3, 0.4) is 0 Å². The lowest BCUT2D eigenvalue weighted by Crippen LogP contribution is -2.39. The highest BCUT2D eigenvalue weighted by Gasteiger charge is 2.45. The fourth-order valence-electron chi connectivity index (χ4n) is 9.75. The molecule has 4 aromatic rings. The van der Waals surface area contributed by atoms with Crippen LogP contribution >= 0.6 is 30.4 Å². The number of carbonyl (C=O) groups excluding carboxylic acids is 4. The zero-order valence-electron chi connectivity index (χ0n) is 52.0. The smallest absolute Gasteiger partial charge is 0.360 e. The summed E-state index contributed by atoms with van der Waals surface area (Å²) < 4.78 is 46.3. The molecule has 20 N–H and O–H groups in total. The van der Waals surface area contributed by atoms with Crippen LogP contribution < -0.4 is 21.3 Å². The average molecular weight is 1450 g/mol. The van der Waals surface area contributed by atoms with E-state index in [1.54, 1.807) is 34.9 Å². The molecule has 0 saturated carbocycles. The largest absolute Gasteiger partial charge is 0.508 e. The molecule has 40 heteroatoms. The highest BCUT2D eigenvalue weighted by atomic mass is 31.2. The van der Waals surface area contributed by atoms with Crippen molar-refractivity contribution in [3.63, 3.8) is 0 Å². The molecule has 0 aliphatic carbocycles. The second-order valence-electron chi connectivity index (χ2n) is 22.6. The van der Waals surface area contributed by atoms with Crippen molar-refractivity contribution in [3.8, 4) is 23.0 Å². The van der Waals surface area contributed by atoms with Crippen LogP contribution in [-0.2, 0) is 108 Å². The summed E-state index contributed by atoms with van der Waals surface area (Å²) in [6.45, 7) is -2.92. The van der Waals surface area contributed by atoms with Crippen LogP contribution in [0.4, 0.5) is 0 Å². The summed E-state index contributed by atoms with van der Waals surface area (Å²) in [5.74, 6) is -8.91. The fourth-order valence-corrected chi connectivity index (χ4v) is 14.1. The highest BCUT2D eigenvalue weighted by Crippen LogP contribution is 2.59. The first-order valence-electron chi connectivity index (χ1n) is 29.5. The Bertz CT molecular complexity index is 3360. The summed E-state index contributed by atoms with van der Waals surface area (Å²) in [6.07, 6.45) is -0.550. The molecule has 0 spiro atoms. The molecule has 0 heterocycles. The van der Waals surface area contributed by atoms with Gasteiger partial charge in [0.25, 0.3) is 0 Å². The van der Waals surface area contributed by atoms with E-state index in [0.29, 0.717) is 28.7 Å². The molecule has 0 unspecified atom stereocenters. The van der Waals surface area contributed by atoms with Gasteiger partial charge in [0, 0.05) is 113 Å². The van der Waals surface area contributed by atoms with Crippen molar-refractivity contribution >= 4 is 77.9 Å². The number of carbonyl (C=O) groups is 8. The maximum Gasteiger partial charge on any atom is 0.360 e. The van der Waals surface area contributed by atoms with E-state index in [1.807, 2.05) is 0 Å². The molecule has 97 heavy (non-hydrogen) atoms. The van der Waals surface area contributed by atoms with Crippen molar-refractivity contribution in [3.05, 3.63) is 117 Å². The summed E-state index contributed by atoms with van der Waals surface area (Å²) >= 11 is 0. The molecule has 4 rings (SSSR count). The van der Waals surface area contributed by atoms with Gasteiger partial charge in [0.2, 0.25) is 34.7 Å². The van der Waals surface area contributed by atoms with Crippen molar-refractivity contribution in [2.75, 3.05) is 65.4 Å². The van der Waals surface area contributed by atoms with E-state index in [1.165, 1.54) is 68.1 Å². The number of rotatable bonds is 44. The minimum Gasteiger partial charge on any atom is -0.508 e. The van der Waals surface area contributed by atoms with Crippen LogP contribution in [0.2, 0.25) is 0 Å². The summed E-state index contributed by atoms with van der Waals surface area (Å²) in [6, 6.07) is 17.2. The Kier molecular flexibility index (Phi) is 31.9. The molecule has 0 radical (unpaired) electrons.